The van der Waals surface area contributed by atoms with Gasteiger partial charge < -0.3 is 20.6 Å². The minimum Gasteiger partial charge on any atom is -0.481 e. The normalized spacial score (nSPS) is 23.0. The van der Waals surface area contributed by atoms with E-state index >= 15 is 0 Å². The molecule has 1 aromatic rings. The van der Waals surface area contributed by atoms with E-state index in [2.05, 4.69) is 10.6 Å². The number of benzene rings is 1. The number of hydrogen-bond acceptors (Lipinski definition) is 3. The minimum absolute atomic E-state index is 0.0484. The van der Waals surface area contributed by atoms with E-state index < -0.39 is 5.97 Å². The highest BCUT2D eigenvalue weighted by molar-refractivity contribution is 6.33. The van der Waals surface area contributed by atoms with Crippen LogP contribution in [0.15, 0.2) is 18.2 Å². The van der Waals surface area contributed by atoms with Crippen LogP contribution >= 0.6 is 11.6 Å². The second-order valence-electron chi connectivity index (χ2n) is 6.80. The van der Waals surface area contributed by atoms with Crippen molar-refractivity contribution in [2.45, 2.75) is 44.6 Å². The molecule has 3 rings (SSSR count). The molecular formula is C18H22ClN3O4. The van der Waals surface area contributed by atoms with Crippen LogP contribution < -0.4 is 15.5 Å². The van der Waals surface area contributed by atoms with Crippen molar-refractivity contribution in [1.82, 2.24) is 5.32 Å². The molecule has 3 amide bonds. The van der Waals surface area contributed by atoms with E-state index in [0.717, 1.165) is 6.42 Å². The number of aliphatic carboxylic acids is 1. The summed E-state index contributed by atoms with van der Waals surface area (Å²) in [6.45, 7) is 0.666. The Kier molecular flexibility index (Phi) is 5.66. The smallest absolute Gasteiger partial charge is 0.319 e. The maximum Gasteiger partial charge on any atom is 0.319 e. The lowest BCUT2D eigenvalue weighted by Crippen LogP contribution is -2.41. The third-order valence-electron chi connectivity index (χ3n) is 4.99. The predicted octanol–water partition coefficient (Wildman–Crippen LogP) is 3.23. The van der Waals surface area contributed by atoms with Crippen LogP contribution in [0.2, 0.25) is 5.02 Å². The molecule has 1 aliphatic carbocycles. The topological polar surface area (TPSA) is 98.7 Å². The fourth-order valence-electron chi connectivity index (χ4n) is 3.53. The molecule has 0 aromatic heterocycles. The zero-order chi connectivity index (χ0) is 18.7. The molecule has 1 aromatic carbocycles. The van der Waals surface area contributed by atoms with Crippen LogP contribution in [-0.2, 0) is 9.59 Å². The molecule has 1 saturated heterocycles. The number of halogens is 1. The lowest BCUT2D eigenvalue weighted by molar-refractivity contribution is -0.142. The maximum absolute atomic E-state index is 12.3. The Hall–Kier alpha value is -2.28. The molecule has 3 N–H and O–H groups in total. The quantitative estimate of drug-likeness (QED) is 0.747. The summed E-state index contributed by atoms with van der Waals surface area (Å²) in [6, 6.07) is 4.70. The average molecular weight is 380 g/mol. The second-order valence-corrected chi connectivity index (χ2v) is 7.21. The Morgan fingerprint density at radius 2 is 1.92 bits per heavy atom. The van der Waals surface area contributed by atoms with Gasteiger partial charge in [-0.15, -0.1) is 0 Å². The Morgan fingerprint density at radius 3 is 2.54 bits per heavy atom. The highest BCUT2D eigenvalue weighted by atomic mass is 35.5. The Morgan fingerprint density at radius 1 is 1.19 bits per heavy atom. The average Bonchev–Trinajstić information content (AvgIpc) is 3.03. The number of carbonyl (C=O) groups is 3. The molecule has 0 unspecified atom stereocenters. The van der Waals surface area contributed by atoms with Crippen molar-refractivity contribution in [3.63, 3.8) is 0 Å². The van der Waals surface area contributed by atoms with E-state index in [1.165, 1.54) is 0 Å². The van der Waals surface area contributed by atoms with E-state index in [9.17, 15) is 14.4 Å². The van der Waals surface area contributed by atoms with Gasteiger partial charge in [-0.05, 0) is 50.3 Å². The number of nitrogens with one attached hydrogen (secondary N) is 2. The number of amides is 3. The first kappa shape index (κ1) is 18.5. The number of anilines is 2. The monoisotopic (exact) mass is 379 g/mol. The highest BCUT2D eigenvalue weighted by Gasteiger charge is 2.27. The summed E-state index contributed by atoms with van der Waals surface area (Å²) in [5.41, 5.74) is 1.16. The Bertz CT molecular complexity index is 716. The van der Waals surface area contributed by atoms with Crippen LogP contribution in [0.1, 0.15) is 38.5 Å². The molecule has 2 fully saturated rings. The molecule has 2 aliphatic rings. The number of rotatable bonds is 4. The lowest BCUT2D eigenvalue weighted by Gasteiger charge is -2.27. The van der Waals surface area contributed by atoms with Gasteiger partial charge in [0.1, 0.15) is 0 Å². The van der Waals surface area contributed by atoms with E-state index in [1.54, 1.807) is 23.1 Å². The van der Waals surface area contributed by atoms with Crippen LogP contribution in [0.3, 0.4) is 0 Å². The minimum atomic E-state index is -0.770. The van der Waals surface area contributed by atoms with Crippen molar-refractivity contribution < 1.29 is 19.5 Å². The van der Waals surface area contributed by atoms with Crippen molar-refractivity contribution in [1.29, 1.82) is 0 Å². The number of carboxylic acid groups (broad SMARTS) is 1. The van der Waals surface area contributed by atoms with Gasteiger partial charge in [-0.2, -0.15) is 0 Å². The zero-order valence-electron chi connectivity index (χ0n) is 14.3. The summed E-state index contributed by atoms with van der Waals surface area (Å²) in [6.07, 6.45) is 3.76. The van der Waals surface area contributed by atoms with Crippen molar-refractivity contribution in [3.8, 4) is 0 Å². The number of carbonyl (C=O) groups excluding carboxylic acids is 2. The molecule has 0 radical (unpaired) electrons. The van der Waals surface area contributed by atoms with E-state index in [0.29, 0.717) is 55.0 Å². The summed E-state index contributed by atoms with van der Waals surface area (Å²) >= 11 is 6.17. The number of hydrogen-bond donors (Lipinski definition) is 3. The lowest BCUT2D eigenvalue weighted by atomic mass is 9.86. The summed E-state index contributed by atoms with van der Waals surface area (Å²) in [5, 5.41) is 15.0. The first-order valence-electron chi connectivity index (χ1n) is 8.84. The zero-order valence-corrected chi connectivity index (χ0v) is 15.1. The first-order valence-corrected chi connectivity index (χ1v) is 9.22. The van der Waals surface area contributed by atoms with Crippen molar-refractivity contribution in [3.05, 3.63) is 23.2 Å². The van der Waals surface area contributed by atoms with Crippen LogP contribution in [0.5, 0.6) is 0 Å². The highest BCUT2D eigenvalue weighted by Crippen LogP contribution is 2.30. The van der Waals surface area contributed by atoms with Crippen molar-refractivity contribution in [2.75, 3.05) is 16.8 Å². The summed E-state index contributed by atoms with van der Waals surface area (Å²) in [4.78, 5) is 36.8. The molecule has 0 atom stereocenters. The van der Waals surface area contributed by atoms with Gasteiger partial charge in [0.15, 0.2) is 0 Å². The van der Waals surface area contributed by atoms with Gasteiger partial charge in [0.25, 0.3) is 0 Å². The maximum atomic E-state index is 12.3. The van der Waals surface area contributed by atoms with E-state index in [-0.39, 0.29) is 23.9 Å². The van der Waals surface area contributed by atoms with Gasteiger partial charge in [0.2, 0.25) is 5.91 Å². The Labute approximate surface area is 156 Å². The standard InChI is InChI=1S/C18H22ClN3O4/c19-14-8-7-13(22-9-1-2-16(22)23)10-15(14)21-18(26)20-12-5-3-11(4-6-12)17(24)25/h7-8,10-12H,1-6,9H2,(H,24,25)(H2,20,21,26). The first-order chi connectivity index (χ1) is 12.4. The molecule has 26 heavy (non-hydrogen) atoms. The van der Waals surface area contributed by atoms with Crippen LogP contribution in [-0.4, -0.2) is 35.6 Å². The molecule has 1 saturated carbocycles. The van der Waals surface area contributed by atoms with Gasteiger partial charge in [-0.1, -0.05) is 11.6 Å². The van der Waals surface area contributed by atoms with Gasteiger partial charge in [-0.25, -0.2) is 4.79 Å². The molecule has 8 heteroatoms. The number of carboxylic acids is 1. The Balaban J connectivity index is 1.59. The largest absolute Gasteiger partial charge is 0.481 e. The second kappa shape index (κ2) is 7.95. The van der Waals surface area contributed by atoms with Crippen LogP contribution in [0, 0.1) is 5.92 Å². The van der Waals surface area contributed by atoms with Gasteiger partial charge in [0, 0.05) is 24.7 Å². The molecule has 0 spiro atoms. The van der Waals surface area contributed by atoms with Crippen LogP contribution in [0.4, 0.5) is 16.2 Å². The van der Waals surface area contributed by atoms with Crippen molar-refractivity contribution in [2.24, 2.45) is 5.92 Å². The van der Waals surface area contributed by atoms with E-state index in [1.807, 2.05) is 0 Å². The van der Waals surface area contributed by atoms with Gasteiger partial charge in [0.05, 0.1) is 16.6 Å². The summed E-state index contributed by atoms with van der Waals surface area (Å²) in [7, 11) is 0. The fraction of sp³-hybridized carbons (Fsp3) is 0.500. The van der Waals surface area contributed by atoms with Crippen molar-refractivity contribution >= 4 is 40.9 Å². The molecule has 140 valence electrons. The molecular weight excluding hydrogens is 358 g/mol. The summed E-state index contributed by atoms with van der Waals surface area (Å²) in [5.74, 6) is -1.02. The number of nitrogens with zero attached hydrogens (tertiary/aromatic N) is 1. The number of urea groups is 1. The third-order valence-corrected chi connectivity index (χ3v) is 5.32. The molecule has 0 bridgehead atoms. The SMILES string of the molecule is O=C(Nc1cc(N2CCCC2=O)ccc1Cl)NC1CCC(C(=O)O)CC1. The van der Waals surface area contributed by atoms with Gasteiger partial charge in [-0.3, -0.25) is 9.59 Å². The third kappa shape index (κ3) is 4.27. The van der Waals surface area contributed by atoms with Crippen LogP contribution in [0.25, 0.3) is 0 Å². The van der Waals surface area contributed by atoms with E-state index in [4.69, 9.17) is 16.7 Å². The molecule has 7 nitrogen and oxygen atoms in total. The molecule has 1 aliphatic heterocycles. The summed E-state index contributed by atoms with van der Waals surface area (Å²) < 4.78 is 0. The fourth-order valence-corrected chi connectivity index (χ4v) is 3.69. The molecule has 1 heterocycles. The van der Waals surface area contributed by atoms with Gasteiger partial charge >= 0.3 is 12.0 Å². The predicted molar refractivity (Wildman–Crippen MR) is 98.6 cm³/mol.